The van der Waals surface area contributed by atoms with E-state index in [-0.39, 0.29) is 24.6 Å². The van der Waals surface area contributed by atoms with Gasteiger partial charge in [0.25, 0.3) is 0 Å². The molecular weight excluding hydrogens is 506 g/mol. The molecule has 1 aliphatic rings. The maximum Gasteiger partial charge on any atom is 0.250 e. The van der Waals surface area contributed by atoms with Gasteiger partial charge in [0.2, 0.25) is 5.91 Å². The molecule has 2 N–H and O–H groups in total. The van der Waals surface area contributed by atoms with Gasteiger partial charge in [0.1, 0.15) is 6.61 Å². The van der Waals surface area contributed by atoms with Gasteiger partial charge in [-0.2, -0.15) is 0 Å². The number of methoxy groups -OCH3 is 1. The highest BCUT2D eigenvalue weighted by Gasteiger charge is 2.42. The Balaban J connectivity index is 1.57. The molecule has 7 nitrogen and oxygen atoms in total. The number of ether oxygens (including phenoxy) is 1. The van der Waals surface area contributed by atoms with E-state index in [2.05, 4.69) is 76.2 Å². The maximum absolute atomic E-state index is 12.0. The van der Waals surface area contributed by atoms with Crippen molar-refractivity contribution in [1.29, 1.82) is 0 Å². The smallest absolute Gasteiger partial charge is 0.250 e. The molecule has 1 saturated heterocycles. The second kappa shape index (κ2) is 11.4. The Hall–Kier alpha value is -4.01. The molecule has 1 aliphatic heterocycles. The number of carbonyl (C=O) groups is 1. The first kappa shape index (κ1) is 26.6. The van der Waals surface area contributed by atoms with Crippen LogP contribution < -0.4 is 15.5 Å². The van der Waals surface area contributed by atoms with Crippen LogP contribution in [0.3, 0.4) is 0 Å². The lowest BCUT2D eigenvalue weighted by atomic mass is 9.96. The van der Waals surface area contributed by atoms with Crippen LogP contribution in [0.5, 0.6) is 0 Å². The summed E-state index contributed by atoms with van der Waals surface area (Å²) in [6.07, 6.45) is 2.83. The summed E-state index contributed by atoms with van der Waals surface area (Å²) in [5, 5.41) is 7.02. The first-order chi connectivity index (χ1) is 18.9. The quantitative estimate of drug-likeness (QED) is 0.275. The van der Waals surface area contributed by atoms with E-state index in [1.54, 1.807) is 0 Å². The number of nitrogens with one attached hydrogen (secondary N) is 2. The topological polar surface area (TPSA) is 71.4 Å². The molecule has 0 bridgehead atoms. The van der Waals surface area contributed by atoms with Crippen LogP contribution in [0, 0.1) is 13.8 Å². The number of hydrogen-bond donors (Lipinski definition) is 2. The number of nitrogens with zero attached hydrogens (tertiary/aromatic N) is 3. The molecular formula is C31H33N5O2S. The van der Waals surface area contributed by atoms with Crippen molar-refractivity contribution < 1.29 is 9.53 Å². The zero-order chi connectivity index (χ0) is 27.5. The van der Waals surface area contributed by atoms with Crippen molar-refractivity contribution in [2.75, 3.05) is 23.9 Å². The van der Waals surface area contributed by atoms with Gasteiger partial charge < -0.3 is 24.8 Å². The highest BCUT2D eigenvalue weighted by Crippen LogP contribution is 2.44. The van der Waals surface area contributed by atoms with Gasteiger partial charge in [-0.15, -0.1) is 0 Å². The van der Waals surface area contributed by atoms with Crippen LogP contribution in [0.25, 0.3) is 5.69 Å². The lowest BCUT2D eigenvalue weighted by Crippen LogP contribution is -2.29. The summed E-state index contributed by atoms with van der Waals surface area (Å²) in [6, 6.07) is 24.4. The van der Waals surface area contributed by atoms with Gasteiger partial charge in [0, 0.05) is 41.8 Å². The SMILES string of the molecule is CCc1ccc(-n2c(C)cc([C@@H]3[C@H](c4ccccn4)NC(=S)N3c3ccc(NC(=O)COC)cc3)c2C)cc1. The maximum atomic E-state index is 12.0. The number of amides is 1. The summed E-state index contributed by atoms with van der Waals surface area (Å²) < 4.78 is 7.23. The molecule has 0 unspecified atom stereocenters. The zero-order valence-corrected chi connectivity index (χ0v) is 23.5. The van der Waals surface area contributed by atoms with Crippen LogP contribution in [0.4, 0.5) is 11.4 Å². The summed E-state index contributed by atoms with van der Waals surface area (Å²) >= 11 is 5.91. The molecule has 1 fully saturated rings. The minimum absolute atomic E-state index is 0.00645. The van der Waals surface area contributed by atoms with Crippen LogP contribution in [0.15, 0.2) is 79.0 Å². The molecule has 8 heteroatoms. The predicted molar refractivity (Wildman–Crippen MR) is 160 cm³/mol. The van der Waals surface area contributed by atoms with E-state index in [1.165, 1.54) is 18.2 Å². The minimum atomic E-state index is -0.198. The van der Waals surface area contributed by atoms with E-state index in [0.717, 1.165) is 34.9 Å². The van der Waals surface area contributed by atoms with E-state index in [1.807, 2.05) is 48.7 Å². The third-order valence-electron chi connectivity index (χ3n) is 7.19. The fourth-order valence-electron chi connectivity index (χ4n) is 5.35. The molecule has 4 aromatic rings. The van der Waals surface area contributed by atoms with Crippen LogP contribution in [-0.4, -0.2) is 34.3 Å². The molecule has 200 valence electrons. The van der Waals surface area contributed by atoms with Crippen LogP contribution in [0.1, 0.15) is 47.2 Å². The Morgan fingerprint density at radius 2 is 1.77 bits per heavy atom. The number of hydrogen-bond acceptors (Lipinski definition) is 4. The van der Waals surface area contributed by atoms with Gasteiger partial charge in [-0.1, -0.05) is 25.1 Å². The number of anilines is 2. The molecule has 0 saturated carbocycles. The number of thiocarbonyl (C=S) groups is 1. The summed E-state index contributed by atoms with van der Waals surface area (Å²) in [5.74, 6) is -0.198. The van der Waals surface area contributed by atoms with Crippen molar-refractivity contribution in [1.82, 2.24) is 14.9 Å². The summed E-state index contributed by atoms with van der Waals surface area (Å²) in [6.45, 7) is 6.48. The molecule has 39 heavy (non-hydrogen) atoms. The van der Waals surface area contributed by atoms with Gasteiger partial charge in [-0.3, -0.25) is 9.78 Å². The van der Waals surface area contributed by atoms with E-state index in [0.29, 0.717) is 10.8 Å². The van der Waals surface area contributed by atoms with Gasteiger partial charge in [0.05, 0.1) is 17.8 Å². The average molecular weight is 540 g/mol. The third kappa shape index (κ3) is 5.30. The Morgan fingerprint density at radius 3 is 2.41 bits per heavy atom. The van der Waals surface area contributed by atoms with Gasteiger partial charge in [-0.25, -0.2) is 0 Å². The molecule has 0 radical (unpaired) electrons. The highest BCUT2D eigenvalue weighted by molar-refractivity contribution is 7.80. The van der Waals surface area contributed by atoms with Crippen LogP contribution >= 0.6 is 12.2 Å². The molecule has 0 aliphatic carbocycles. The van der Waals surface area contributed by atoms with Crippen LogP contribution in [-0.2, 0) is 16.0 Å². The molecule has 0 spiro atoms. The van der Waals surface area contributed by atoms with Crippen molar-refractivity contribution in [3.05, 3.63) is 107 Å². The number of pyridine rings is 1. The Kier molecular flexibility index (Phi) is 7.77. The van der Waals surface area contributed by atoms with E-state index >= 15 is 0 Å². The first-order valence-corrected chi connectivity index (χ1v) is 13.5. The highest BCUT2D eigenvalue weighted by atomic mass is 32.1. The number of carbonyl (C=O) groups excluding carboxylic acids is 1. The molecule has 2 atom stereocenters. The molecule has 2 aromatic heterocycles. The van der Waals surface area contributed by atoms with E-state index in [9.17, 15) is 4.79 Å². The predicted octanol–water partition coefficient (Wildman–Crippen LogP) is 5.81. The minimum Gasteiger partial charge on any atom is -0.375 e. The van der Waals surface area contributed by atoms with Gasteiger partial charge in [-0.05, 0) is 98.2 Å². The van der Waals surface area contributed by atoms with Crippen molar-refractivity contribution in [3.63, 3.8) is 0 Å². The van der Waals surface area contributed by atoms with Gasteiger partial charge in [0.15, 0.2) is 5.11 Å². The molecule has 1 amide bonds. The van der Waals surface area contributed by atoms with E-state index < -0.39 is 0 Å². The first-order valence-electron chi connectivity index (χ1n) is 13.1. The monoisotopic (exact) mass is 539 g/mol. The molecule has 3 heterocycles. The van der Waals surface area contributed by atoms with Crippen molar-refractivity contribution >= 4 is 34.6 Å². The number of benzene rings is 2. The standard InChI is InChI=1S/C31H33N5O2S/c1-5-22-9-13-24(14-10-22)35-20(2)18-26(21(35)3)30-29(27-8-6-7-17-32-27)34-31(39)36(30)25-15-11-23(12-16-25)33-28(37)19-38-4/h6-18,29-30H,5,19H2,1-4H3,(H,33,37)(H,34,39)/t29-,30+/m0/s1. The van der Waals surface area contributed by atoms with E-state index in [4.69, 9.17) is 17.0 Å². The van der Waals surface area contributed by atoms with Crippen molar-refractivity contribution in [2.45, 2.75) is 39.3 Å². The average Bonchev–Trinajstić information content (AvgIpc) is 3.44. The normalized spacial score (nSPS) is 16.8. The molecule has 5 rings (SSSR count). The van der Waals surface area contributed by atoms with Crippen molar-refractivity contribution in [2.24, 2.45) is 0 Å². The number of aryl methyl sites for hydroxylation is 2. The lowest BCUT2D eigenvalue weighted by Gasteiger charge is -2.28. The van der Waals surface area contributed by atoms with Crippen molar-refractivity contribution in [3.8, 4) is 5.69 Å². The number of rotatable bonds is 8. The van der Waals surface area contributed by atoms with Gasteiger partial charge >= 0.3 is 0 Å². The Labute approximate surface area is 234 Å². The summed E-state index contributed by atoms with van der Waals surface area (Å²) in [4.78, 5) is 18.8. The third-order valence-corrected chi connectivity index (χ3v) is 7.51. The van der Waals surface area contributed by atoms with Crippen LogP contribution in [0.2, 0.25) is 0 Å². The summed E-state index contributed by atoms with van der Waals surface area (Å²) in [7, 11) is 1.50. The Morgan fingerprint density at radius 1 is 1.05 bits per heavy atom. The zero-order valence-electron chi connectivity index (χ0n) is 22.6. The fourth-order valence-corrected chi connectivity index (χ4v) is 5.69. The second-order valence-corrected chi connectivity index (χ2v) is 10.1. The fraction of sp³-hybridized carbons (Fsp3) is 0.258. The lowest BCUT2D eigenvalue weighted by molar-refractivity contribution is -0.119. The molecule has 2 aromatic carbocycles. The largest absolute Gasteiger partial charge is 0.375 e. The Bertz CT molecular complexity index is 1470. The summed E-state index contributed by atoms with van der Waals surface area (Å²) in [5.41, 5.74) is 8.49. The second-order valence-electron chi connectivity index (χ2n) is 9.71. The number of aromatic nitrogens is 2.